The van der Waals surface area contributed by atoms with Crippen LogP contribution >= 0.6 is 0 Å². The van der Waals surface area contributed by atoms with Crippen molar-refractivity contribution in [1.82, 2.24) is 4.98 Å². The normalized spacial score (nSPS) is 14.0. The molecular weight excluding hydrogens is 266 g/mol. The molecule has 21 heavy (non-hydrogen) atoms. The molecule has 0 N–H and O–H groups in total. The average Bonchev–Trinajstić information content (AvgIpc) is 3.05. The van der Waals surface area contributed by atoms with Gasteiger partial charge in [0.05, 0.1) is 12.8 Å². The number of anilines is 1. The number of aromatic nitrogens is 1. The van der Waals surface area contributed by atoms with Crippen molar-refractivity contribution in [2.45, 2.75) is 38.5 Å². The van der Waals surface area contributed by atoms with E-state index in [1.807, 2.05) is 18.3 Å². The van der Waals surface area contributed by atoms with Crippen LogP contribution in [0.15, 0.2) is 23.4 Å². The van der Waals surface area contributed by atoms with Crippen LogP contribution in [-0.2, 0) is 0 Å². The van der Waals surface area contributed by atoms with Gasteiger partial charge in [0, 0.05) is 24.5 Å². The Morgan fingerprint density at radius 2 is 2.00 bits per heavy atom. The minimum Gasteiger partial charge on any atom is -0.492 e. The lowest BCUT2D eigenvalue weighted by Crippen LogP contribution is -2.18. The molecule has 6 nitrogen and oxygen atoms in total. The smallest absolute Gasteiger partial charge is 0.137 e. The van der Waals surface area contributed by atoms with Crippen molar-refractivity contribution in [3.05, 3.63) is 28.8 Å². The molecule has 0 aliphatic carbocycles. The first-order chi connectivity index (χ1) is 10.4. The van der Waals surface area contributed by atoms with Gasteiger partial charge < -0.3 is 9.64 Å². The second-order valence-corrected chi connectivity index (χ2v) is 5.26. The Labute approximate surface area is 125 Å². The molecule has 6 heteroatoms. The molecule has 0 unspecified atom stereocenters. The van der Waals surface area contributed by atoms with Crippen molar-refractivity contribution >= 4 is 5.82 Å². The molecule has 1 aliphatic rings. The maximum Gasteiger partial charge on any atom is 0.137 e. The molecule has 114 valence electrons. The highest BCUT2D eigenvalue weighted by Gasteiger charge is 2.12. The van der Waals surface area contributed by atoms with Gasteiger partial charge in [-0.1, -0.05) is 18.0 Å². The first-order valence-corrected chi connectivity index (χ1v) is 7.75. The maximum absolute atomic E-state index is 8.15. The molecule has 2 rings (SSSR count). The zero-order valence-electron chi connectivity index (χ0n) is 12.4. The van der Waals surface area contributed by atoms with E-state index in [2.05, 4.69) is 19.9 Å². The lowest BCUT2D eigenvalue weighted by molar-refractivity contribution is 0.303. The molecule has 0 aromatic carbocycles. The molecule has 1 aliphatic heterocycles. The number of rotatable bonds is 9. The van der Waals surface area contributed by atoms with Crippen LogP contribution < -0.4 is 9.64 Å². The largest absolute Gasteiger partial charge is 0.492 e. The lowest BCUT2D eigenvalue weighted by atomic mass is 10.2. The first kappa shape index (κ1) is 15.4. The van der Waals surface area contributed by atoms with Crippen molar-refractivity contribution in [2.75, 3.05) is 31.1 Å². The Bertz CT molecular complexity index is 450. The SMILES string of the molecule is [N-]=[N+]=NCCCCCCOc1ccc(N2CCCC2)nc1. The summed E-state index contributed by atoms with van der Waals surface area (Å²) < 4.78 is 5.69. The molecule has 2 heterocycles. The van der Waals surface area contributed by atoms with Gasteiger partial charge in [0.1, 0.15) is 11.6 Å². The van der Waals surface area contributed by atoms with Crippen LogP contribution in [0.1, 0.15) is 38.5 Å². The summed E-state index contributed by atoms with van der Waals surface area (Å²) in [7, 11) is 0. The fourth-order valence-electron chi connectivity index (χ4n) is 2.46. The third-order valence-corrected chi connectivity index (χ3v) is 3.64. The van der Waals surface area contributed by atoms with Gasteiger partial charge in [-0.15, -0.1) is 0 Å². The molecular formula is C15H23N5O. The number of ether oxygens (including phenoxy) is 1. The molecule has 0 spiro atoms. The summed E-state index contributed by atoms with van der Waals surface area (Å²) in [5.41, 5.74) is 8.15. The van der Waals surface area contributed by atoms with Crippen LogP contribution in [0.25, 0.3) is 10.4 Å². The summed E-state index contributed by atoms with van der Waals surface area (Å²) >= 11 is 0. The van der Waals surface area contributed by atoms with Crippen LogP contribution in [0.2, 0.25) is 0 Å². The number of azide groups is 1. The van der Waals surface area contributed by atoms with Gasteiger partial charge in [-0.3, -0.25) is 0 Å². The van der Waals surface area contributed by atoms with Crippen molar-refractivity contribution in [1.29, 1.82) is 0 Å². The Hall–Kier alpha value is -1.94. The molecule has 0 amide bonds. The zero-order chi connectivity index (χ0) is 14.8. The van der Waals surface area contributed by atoms with Crippen molar-refractivity contribution in [3.8, 4) is 5.75 Å². The maximum atomic E-state index is 8.15. The van der Waals surface area contributed by atoms with Crippen LogP contribution in [0.5, 0.6) is 5.75 Å². The van der Waals surface area contributed by atoms with E-state index in [0.29, 0.717) is 13.2 Å². The molecule has 0 saturated carbocycles. The zero-order valence-corrected chi connectivity index (χ0v) is 12.4. The Morgan fingerprint density at radius 3 is 2.71 bits per heavy atom. The predicted molar refractivity (Wildman–Crippen MR) is 83.7 cm³/mol. The first-order valence-electron chi connectivity index (χ1n) is 7.75. The monoisotopic (exact) mass is 289 g/mol. The number of hydrogen-bond acceptors (Lipinski definition) is 4. The fourth-order valence-corrected chi connectivity index (χ4v) is 2.46. The summed E-state index contributed by atoms with van der Waals surface area (Å²) in [6, 6.07) is 4.04. The predicted octanol–water partition coefficient (Wildman–Crippen LogP) is 3.93. The van der Waals surface area contributed by atoms with E-state index in [-0.39, 0.29) is 0 Å². The Kier molecular flexibility index (Phi) is 6.68. The summed E-state index contributed by atoms with van der Waals surface area (Å²) in [6.07, 6.45) is 8.49. The Balaban J connectivity index is 1.59. The number of unbranched alkanes of at least 4 members (excludes halogenated alkanes) is 3. The van der Waals surface area contributed by atoms with Gasteiger partial charge in [-0.2, -0.15) is 0 Å². The fraction of sp³-hybridized carbons (Fsp3) is 0.667. The van der Waals surface area contributed by atoms with Gasteiger partial charge in [0.2, 0.25) is 0 Å². The number of hydrogen-bond donors (Lipinski definition) is 0. The highest BCUT2D eigenvalue weighted by molar-refractivity contribution is 5.41. The van der Waals surface area contributed by atoms with Crippen molar-refractivity contribution in [2.24, 2.45) is 5.11 Å². The standard InChI is InChI=1S/C15H23N5O/c16-19-18-9-3-1-2-6-12-21-14-7-8-15(17-13-14)20-10-4-5-11-20/h7-8,13H,1-6,9-12H2. The molecule has 0 radical (unpaired) electrons. The van der Waals surface area contributed by atoms with E-state index in [0.717, 1.165) is 50.3 Å². The van der Waals surface area contributed by atoms with Gasteiger partial charge in [-0.05, 0) is 43.3 Å². The van der Waals surface area contributed by atoms with Gasteiger partial charge in [0.15, 0.2) is 0 Å². The van der Waals surface area contributed by atoms with E-state index < -0.39 is 0 Å². The topological polar surface area (TPSA) is 74.1 Å². The molecule has 1 aromatic heterocycles. The summed E-state index contributed by atoms with van der Waals surface area (Å²) in [5.74, 6) is 1.89. The highest BCUT2D eigenvalue weighted by atomic mass is 16.5. The number of pyridine rings is 1. The van der Waals surface area contributed by atoms with Crippen molar-refractivity contribution < 1.29 is 4.74 Å². The summed E-state index contributed by atoms with van der Waals surface area (Å²) in [4.78, 5) is 9.51. The third kappa shape index (κ3) is 5.52. The minimum absolute atomic E-state index is 0.596. The van der Waals surface area contributed by atoms with E-state index in [9.17, 15) is 0 Å². The average molecular weight is 289 g/mol. The summed E-state index contributed by atoms with van der Waals surface area (Å²) in [5, 5.41) is 3.52. The Morgan fingerprint density at radius 1 is 1.19 bits per heavy atom. The second kappa shape index (κ2) is 9.08. The highest BCUT2D eigenvalue weighted by Crippen LogP contribution is 2.20. The molecule has 1 fully saturated rings. The van der Waals surface area contributed by atoms with E-state index in [1.165, 1.54) is 12.8 Å². The molecule has 0 bridgehead atoms. The van der Waals surface area contributed by atoms with Gasteiger partial charge in [0.25, 0.3) is 0 Å². The quantitative estimate of drug-likeness (QED) is 0.299. The van der Waals surface area contributed by atoms with Crippen LogP contribution in [0.3, 0.4) is 0 Å². The van der Waals surface area contributed by atoms with Crippen LogP contribution in [0, 0.1) is 0 Å². The lowest BCUT2D eigenvalue weighted by Gasteiger charge is -2.16. The van der Waals surface area contributed by atoms with E-state index in [4.69, 9.17) is 10.3 Å². The third-order valence-electron chi connectivity index (χ3n) is 3.64. The van der Waals surface area contributed by atoms with Crippen LogP contribution in [0.4, 0.5) is 5.82 Å². The minimum atomic E-state index is 0.596. The molecule has 1 saturated heterocycles. The van der Waals surface area contributed by atoms with Gasteiger partial charge >= 0.3 is 0 Å². The summed E-state index contributed by atoms with van der Waals surface area (Å²) in [6.45, 7) is 3.54. The van der Waals surface area contributed by atoms with Crippen molar-refractivity contribution in [3.63, 3.8) is 0 Å². The molecule has 1 aromatic rings. The number of nitrogens with zero attached hydrogens (tertiary/aromatic N) is 5. The second-order valence-electron chi connectivity index (χ2n) is 5.26. The molecule has 0 atom stereocenters. The van der Waals surface area contributed by atoms with Gasteiger partial charge in [-0.25, -0.2) is 4.98 Å². The van der Waals surface area contributed by atoms with E-state index >= 15 is 0 Å². The van der Waals surface area contributed by atoms with E-state index in [1.54, 1.807) is 0 Å². The van der Waals surface area contributed by atoms with Crippen LogP contribution in [-0.4, -0.2) is 31.2 Å².